The van der Waals surface area contributed by atoms with Crippen LogP contribution in [0.15, 0.2) is 91.0 Å². The average Bonchev–Trinajstić information content (AvgIpc) is 3.12. The summed E-state index contributed by atoms with van der Waals surface area (Å²) in [5.74, 6) is -4.01. The number of rotatable bonds is 13. The summed E-state index contributed by atoms with van der Waals surface area (Å²) in [6, 6.07) is 20.8. The molecule has 0 saturated carbocycles. The summed E-state index contributed by atoms with van der Waals surface area (Å²) in [5, 5.41) is 2.79. The van der Waals surface area contributed by atoms with Crippen LogP contribution >= 0.6 is 11.6 Å². The summed E-state index contributed by atoms with van der Waals surface area (Å²) in [5.41, 5.74) is -1.95. The molecule has 4 rings (SSSR count). The smallest absolute Gasteiger partial charge is 0.416 e. The summed E-state index contributed by atoms with van der Waals surface area (Å²) >= 11 is 6.43. The fourth-order valence-electron chi connectivity index (χ4n) is 5.41. The second-order valence-electron chi connectivity index (χ2n) is 11.8. The van der Waals surface area contributed by atoms with Crippen molar-refractivity contribution in [3.63, 3.8) is 0 Å². The van der Waals surface area contributed by atoms with E-state index in [1.54, 1.807) is 32.0 Å². The summed E-state index contributed by atoms with van der Waals surface area (Å²) in [4.78, 5) is 68.0. The normalized spacial score (nSPS) is 11.3. The Hall–Kier alpha value is -5.69. The Balaban J connectivity index is 1.62. The molecule has 0 saturated heterocycles. The quantitative estimate of drug-likeness (QED) is 0.0869. The van der Waals surface area contributed by atoms with E-state index < -0.39 is 59.9 Å². The van der Waals surface area contributed by atoms with Gasteiger partial charge in [0.1, 0.15) is 6.61 Å². The maximum absolute atomic E-state index is 13.7. The minimum Gasteiger partial charge on any atom is -0.465 e. The molecule has 0 unspecified atom stereocenters. The van der Waals surface area contributed by atoms with Crippen molar-refractivity contribution in [3.05, 3.63) is 124 Å². The van der Waals surface area contributed by atoms with Crippen molar-refractivity contribution in [2.75, 3.05) is 39.2 Å². The number of ether oxygens (including phenoxy) is 3. The molecule has 0 fully saturated rings. The second kappa shape index (κ2) is 17.2. The molecule has 0 radical (unpaired) electrons. The molecule has 0 bridgehead atoms. The standard InChI is InChI=1S/C39H36ClF3N2O8/c1-5-51-36(49)38(37(50)52-6-2,26-11-8-7-9-12-26)23-53-32(46)22-24-15-20-31(29(21-24)35(48)45(3)4)44-34(47)28-13-10-14-30(40)33(28)25-16-18-27(19-17-25)39(41,42)43/h7-21H,5-6,22-23H2,1-4H3,(H,44,47). The van der Waals surface area contributed by atoms with Gasteiger partial charge in [0.15, 0.2) is 0 Å². The number of carbonyl (C=O) groups is 5. The van der Waals surface area contributed by atoms with Crippen LogP contribution in [0.1, 0.15) is 51.3 Å². The van der Waals surface area contributed by atoms with Crippen molar-refractivity contribution >= 4 is 47.0 Å². The lowest BCUT2D eigenvalue weighted by atomic mass is 9.81. The zero-order valence-electron chi connectivity index (χ0n) is 29.2. The van der Waals surface area contributed by atoms with E-state index in [2.05, 4.69) is 5.32 Å². The van der Waals surface area contributed by atoms with Crippen molar-refractivity contribution in [1.82, 2.24) is 4.90 Å². The van der Waals surface area contributed by atoms with Crippen LogP contribution in [0.4, 0.5) is 18.9 Å². The van der Waals surface area contributed by atoms with E-state index in [0.717, 1.165) is 12.1 Å². The van der Waals surface area contributed by atoms with Crippen molar-refractivity contribution in [2.45, 2.75) is 31.9 Å². The molecule has 4 aromatic rings. The van der Waals surface area contributed by atoms with Gasteiger partial charge >= 0.3 is 24.1 Å². The summed E-state index contributed by atoms with van der Waals surface area (Å²) < 4.78 is 55.5. The third kappa shape index (κ3) is 9.22. The fraction of sp³-hybridized carbons (Fsp3) is 0.256. The molecule has 0 aliphatic rings. The third-order valence-electron chi connectivity index (χ3n) is 8.04. The maximum atomic E-state index is 13.7. The molecular formula is C39H36ClF3N2O8. The zero-order chi connectivity index (χ0) is 38.9. The maximum Gasteiger partial charge on any atom is 0.416 e. The number of alkyl halides is 3. The van der Waals surface area contributed by atoms with Crippen molar-refractivity contribution < 1.29 is 51.4 Å². The van der Waals surface area contributed by atoms with E-state index in [4.69, 9.17) is 25.8 Å². The monoisotopic (exact) mass is 752 g/mol. The molecule has 0 heterocycles. The van der Waals surface area contributed by atoms with Gasteiger partial charge in [0.05, 0.1) is 36.4 Å². The average molecular weight is 753 g/mol. The van der Waals surface area contributed by atoms with Crippen LogP contribution in [0.3, 0.4) is 0 Å². The number of hydrogen-bond donors (Lipinski definition) is 1. The molecule has 14 heteroatoms. The topological polar surface area (TPSA) is 128 Å². The Labute approximate surface area is 308 Å². The van der Waals surface area contributed by atoms with Crippen LogP contribution in [-0.4, -0.2) is 68.5 Å². The first-order valence-electron chi connectivity index (χ1n) is 16.3. The van der Waals surface area contributed by atoms with E-state index in [9.17, 15) is 37.1 Å². The van der Waals surface area contributed by atoms with Gasteiger partial charge in [-0.3, -0.25) is 24.0 Å². The highest BCUT2D eigenvalue weighted by Gasteiger charge is 2.52. The van der Waals surface area contributed by atoms with Crippen LogP contribution < -0.4 is 5.32 Å². The molecule has 53 heavy (non-hydrogen) atoms. The number of carbonyl (C=O) groups excluding carboxylic acids is 5. The Morgan fingerprint density at radius 2 is 1.36 bits per heavy atom. The highest BCUT2D eigenvalue weighted by molar-refractivity contribution is 6.34. The second-order valence-corrected chi connectivity index (χ2v) is 12.2. The van der Waals surface area contributed by atoms with E-state index >= 15 is 0 Å². The number of nitrogens with zero attached hydrogens (tertiary/aromatic N) is 1. The lowest BCUT2D eigenvalue weighted by Crippen LogP contribution is -2.50. The zero-order valence-corrected chi connectivity index (χ0v) is 30.0. The van der Waals surface area contributed by atoms with Gasteiger partial charge in [0.2, 0.25) is 5.41 Å². The Morgan fingerprint density at radius 3 is 1.92 bits per heavy atom. The Kier molecular flexibility index (Phi) is 13.0. The first-order valence-corrected chi connectivity index (χ1v) is 16.7. The van der Waals surface area contributed by atoms with Gasteiger partial charge in [0.25, 0.3) is 11.8 Å². The van der Waals surface area contributed by atoms with Gasteiger partial charge in [-0.25, -0.2) is 0 Å². The lowest BCUT2D eigenvalue weighted by Gasteiger charge is -2.29. The Morgan fingerprint density at radius 1 is 0.736 bits per heavy atom. The predicted octanol–water partition coefficient (Wildman–Crippen LogP) is 7.13. The number of nitrogens with one attached hydrogen (secondary N) is 1. The third-order valence-corrected chi connectivity index (χ3v) is 8.36. The molecule has 10 nitrogen and oxygen atoms in total. The largest absolute Gasteiger partial charge is 0.465 e. The Bertz CT molecular complexity index is 1970. The first-order chi connectivity index (χ1) is 25.1. The van der Waals surface area contributed by atoms with Crippen LogP contribution in [0.5, 0.6) is 0 Å². The van der Waals surface area contributed by atoms with Crippen molar-refractivity contribution in [3.8, 4) is 11.1 Å². The minimum atomic E-state index is -4.56. The number of esters is 3. The molecule has 2 amide bonds. The SMILES string of the molecule is CCOC(=O)C(COC(=O)Cc1ccc(NC(=O)c2cccc(Cl)c2-c2ccc(C(F)(F)F)cc2)c(C(=O)N(C)C)c1)(C(=O)OCC)c1ccccc1. The highest BCUT2D eigenvalue weighted by Crippen LogP contribution is 2.36. The van der Waals surface area contributed by atoms with Gasteiger partial charge < -0.3 is 24.4 Å². The number of amides is 2. The molecule has 4 aromatic carbocycles. The molecule has 0 atom stereocenters. The number of anilines is 1. The molecule has 0 aliphatic heterocycles. The van der Waals surface area contributed by atoms with Crippen LogP contribution in [-0.2, 0) is 46.6 Å². The molecule has 1 N–H and O–H groups in total. The molecule has 0 spiro atoms. The highest BCUT2D eigenvalue weighted by atomic mass is 35.5. The number of benzene rings is 4. The van der Waals surface area contributed by atoms with E-state index in [-0.39, 0.29) is 51.7 Å². The molecule has 0 aliphatic carbocycles. The van der Waals surface area contributed by atoms with Gasteiger partial charge in [-0.15, -0.1) is 0 Å². The summed E-state index contributed by atoms with van der Waals surface area (Å²) in [6.07, 6.45) is -4.96. The molecular weight excluding hydrogens is 717 g/mol. The van der Waals surface area contributed by atoms with Gasteiger partial charge in [-0.1, -0.05) is 66.2 Å². The number of hydrogen-bond acceptors (Lipinski definition) is 8. The minimum absolute atomic E-state index is 0.00318. The van der Waals surface area contributed by atoms with Gasteiger partial charge in [-0.2, -0.15) is 13.2 Å². The van der Waals surface area contributed by atoms with Crippen LogP contribution in [0, 0.1) is 0 Å². The fourth-order valence-corrected chi connectivity index (χ4v) is 5.69. The van der Waals surface area contributed by atoms with Crippen LogP contribution in [0.25, 0.3) is 11.1 Å². The van der Waals surface area contributed by atoms with Gasteiger partial charge in [0, 0.05) is 30.2 Å². The van der Waals surface area contributed by atoms with Crippen molar-refractivity contribution in [2.24, 2.45) is 0 Å². The van der Waals surface area contributed by atoms with Crippen LogP contribution in [0.2, 0.25) is 5.02 Å². The first kappa shape index (κ1) is 40.1. The van der Waals surface area contributed by atoms with E-state index in [0.29, 0.717) is 5.56 Å². The lowest BCUT2D eigenvalue weighted by molar-refractivity contribution is -0.170. The van der Waals surface area contributed by atoms with E-state index in [1.165, 1.54) is 79.7 Å². The predicted molar refractivity (Wildman–Crippen MR) is 190 cm³/mol. The molecule has 0 aromatic heterocycles. The van der Waals surface area contributed by atoms with Crippen molar-refractivity contribution in [1.29, 1.82) is 0 Å². The van der Waals surface area contributed by atoms with E-state index in [1.807, 2.05) is 0 Å². The number of halogens is 4. The molecule has 278 valence electrons. The summed E-state index contributed by atoms with van der Waals surface area (Å²) in [7, 11) is 2.98. The van der Waals surface area contributed by atoms with Gasteiger partial charge in [-0.05, 0) is 66.9 Å². The summed E-state index contributed by atoms with van der Waals surface area (Å²) in [6.45, 7) is 2.29.